The van der Waals surface area contributed by atoms with Crippen LogP contribution in [0.25, 0.3) is 23.4 Å². The lowest BCUT2D eigenvalue weighted by Gasteiger charge is -2.22. The highest BCUT2D eigenvalue weighted by molar-refractivity contribution is 5.82. The van der Waals surface area contributed by atoms with Crippen LogP contribution in [0.2, 0.25) is 0 Å². The number of likely N-dealkylation sites (tertiary alicyclic amines) is 1. The van der Waals surface area contributed by atoms with Crippen molar-refractivity contribution in [1.82, 2.24) is 20.5 Å². The van der Waals surface area contributed by atoms with Gasteiger partial charge in [0.25, 0.3) is 0 Å². The van der Waals surface area contributed by atoms with Crippen molar-refractivity contribution in [2.75, 3.05) is 26.7 Å². The van der Waals surface area contributed by atoms with Gasteiger partial charge in [-0.05, 0) is 56.7 Å². The molecule has 3 aliphatic rings. The van der Waals surface area contributed by atoms with Crippen molar-refractivity contribution < 1.29 is 18.0 Å². The molecule has 3 fully saturated rings. The molecule has 0 spiro atoms. The fourth-order valence-corrected chi connectivity index (χ4v) is 5.29. The average Bonchev–Trinajstić information content (AvgIpc) is 3.50. The van der Waals surface area contributed by atoms with Crippen molar-refractivity contribution in [1.29, 1.82) is 0 Å². The number of allylic oxidation sites excluding steroid dienone is 1. The number of halogens is 3. The number of rotatable bonds is 9. The molecule has 2 unspecified atom stereocenters. The van der Waals surface area contributed by atoms with Crippen molar-refractivity contribution in [3.63, 3.8) is 0 Å². The minimum atomic E-state index is -4.63. The predicted octanol–water partition coefficient (Wildman–Crippen LogP) is 4.74. The van der Waals surface area contributed by atoms with E-state index in [2.05, 4.69) is 47.3 Å². The van der Waals surface area contributed by atoms with Gasteiger partial charge in [-0.3, -0.25) is 4.79 Å². The molecule has 4 rings (SSSR count). The van der Waals surface area contributed by atoms with Gasteiger partial charge in [0, 0.05) is 48.4 Å². The van der Waals surface area contributed by atoms with Gasteiger partial charge in [-0.15, -0.1) is 0 Å². The Bertz CT molecular complexity index is 1040. The third-order valence-corrected chi connectivity index (χ3v) is 7.18. The van der Waals surface area contributed by atoms with Gasteiger partial charge in [-0.25, -0.2) is 4.98 Å². The Hall–Kier alpha value is -2.87. The zero-order chi connectivity index (χ0) is 25.3. The molecule has 2 N–H and O–H groups in total. The fourth-order valence-electron chi connectivity index (χ4n) is 5.29. The Balaban J connectivity index is 1.56. The van der Waals surface area contributed by atoms with Crippen LogP contribution >= 0.6 is 0 Å². The molecular weight excluding hydrogens is 453 g/mol. The summed E-state index contributed by atoms with van der Waals surface area (Å²) in [7, 11) is 2.13. The standard InChI is InChI=1S/C27H33F3N4O/c1-5-23-24(17(3)32-22-11-19-14-34(4)15-20(19)12-22)13-21(33-25(23)16(2)27(28,29)30)7-6-10-31-26(35)18-8-9-18/h5-7,13,18-20,22,32H,1-3,8-12,14-15H2,4H3,(H,31,35)/b7-6+. The molecule has 2 atom stereocenters. The Morgan fingerprint density at radius 1 is 1.23 bits per heavy atom. The smallest absolute Gasteiger partial charge is 0.382 e. The molecular formula is C27H33F3N4O. The minimum absolute atomic E-state index is 0.00143. The first-order chi connectivity index (χ1) is 16.6. The van der Waals surface area contributed by atoms with Crippen molar-refractivity contribution in [2.45, 2.75) is 37.9 Å². The first kappa shape index (κ1) is 25.2. The lowest BCUT2D eigenvalue weighted by Crippen LogP contribution is -2.28. The van der Waals surface area contributed by atoms with Crippen LogP contribution in [-0.4, -0.2) is 54.7 Å². The summed E-state index contributed by atoms with van der Waals surface area (Å²) in [6, 6.07) is 1.94. The number of aromatic nitrogens is 1. The number of carbonyl (C=O) groups excluding carboxylic acids is 1. The van der Waals surface area contributed by atoms with Gasteiger partial charge < -0.3 is 15.5 Å². The van der Waals surface area contributed by atoms with Crippen molar-refractivity contribution in [3.8, 4) is 0 Å². The van der Waals surface area contributed by atoms with Gasteiger partial charge in [0.2, 0.25) is 5.91 Å². The lowest BCUT2D eigenvalue weighted by atomic mass is 9.97. The van der Waals surface area contributed by atoms with E-state index in [0.29, 0.717) is 28.8 Å². The van der Waals surface area contributed by atoms with Gasteiger partial charge in [0.05, 0.1) is 17.0 Å². The zero-order valence-corrected chi connectivity index (χ0v) is 20.1. The van der Waals surface area contributed by atoms with Crippen LogP contribution in [0, 0.1) is 17.8 Å². The number of fused-ring (bicyclic) bond motifs is 1. The summed E-state index contributed by atoms with van der Waals surface area (Å²) in [5, 5.41) is 6.27. The molecule has 1 amide bonds. The number of amides is 1. The van der Waals surface area contributed by atoms with Crippen LogP contribution < -0.4 is 10.6 Å². The molecule has 1 saturated heterocycles. The maximum absolute atomic E-state index is 13.6. The highest BCUT2D eigenvalue weighted by Gasteiger charge is 2.40. The van der Waals surface area contributed by atoms with E-state index in [1.54, 1.807) is 18.2 Å². The number of carbonyl (C=O) groups is 1. The summed E-state index contributed by atoms with van der Waals surface area (Å²) in [6.07, 6.45) is 3.87. The second-order valence-electron chi connectivity index (χ2n) is 9.99. The Kier molecular flexibility index (Phi) is 7.22. The third kappa shape index (κ3) is 5.86. The summed E-state index contributed by atoms with van der Waals surface area (Å²) < 4.78 is 40.8. The van der Waals surface area contributed by atoms with Gasteiger partial charge in [-0.2, -0.15) is 13.2 Å². The van der Waals surface area contributed by atoms with Crippen LogP contribution in [0.1, 0.15) is 48.2 Å². The highest BCUT2D eigenvalue weighted by atomic mass is 19.4. The molecule has 35 heavy (non-hydrogen) atoms. The van der Waals surface area contributed by atoms with E-state index < -0.39 is 11.7 Å². The van der Waals surface area contributed by atoms with Crippen molar-refractivity contribution >= 4 is 29.3 Å². The number of pyridine rings is 1. The number of hydrogen-bond donors (Lipinski definition) is 2. The maximum Gasteiger partial charge on any atom is 0.417 e. The minimum Gasteiger partial charge on any atom is -0.382 e. The van der Waals surface area contributed by atoms with E-state index in [0.717, 1.165) is 38.8 Å². The zero-order valence-electron chi connectivity index (χ0n) is 20.1. The van der Waals surface area contributed by atoms with Gasteiger partial charge in [0.15, 0.2) is 0 Å². The number of hydrogen-bond acceptors (Lipinski definition) is 4. The number of nitrogens with zero attached hydrogens (tertiary/aromatic N) is 2. The highest BCUT2D eigenvalue weighted by Crippen LogP contribution is 2.39. The molecule has 0 radical (unpaired) electrons. The summed E-state index contributed by atoms with van der Waals surface area (Å²) >= 11 is 0. The average molecular weight is 487 g/mol. The molecule has 5 nitrogen and oxygen atoms in total. The third-order valence-electron chi connectivity index (χ3n) is 7.18. The van der Waals surface area contributed by atoms with Crippen molar-refractivity contribution in [3.05, 3.63) is 54.4 Å². The predicted molar refractivity (Wildman–Crippen MR) is 134 cm³/mol. The van der Waals surface area contributed by atoms with E-state index in [4.69, 9.17) is 0 Å². The Morgan fingerprint density at radius 2 is 1.89 bits per heavy atom. The van der Waals surface area contributed by atoms with Crippen LogP contribution in [-0.2, 0) is 4.79 Å². The van der Waals surface area contributed by atoms with Crippen LogP contribution in [0.5, 0.6) is 0 Å². The summed E-state index contributed by atoms with van der Waals surface area (Å²) in [5.74, 6) is 1.35. The Labute approximate surface area is 204 Å². The van der Waals surface area contributed by atoms with Gasteiger partial charge in [0.1, 0.15) is 0 Å². The van der Waals surface area contributed by atoms with E-state index in [9.17, 15) is 18.0 Å². The molecule has 1 aromatic heterocycles. The lowest BCUT2D eigenvalue weighted by molar-refractivity contribution is -0.122. The molecule has 8 heteroatoms. The molecule has 2 aliphatic carbocycles. The van der Waals surface area contributed by atoms with E-state index >= 15 is 0 Å². The molecule has 2 heterocycles. The molecule has 1 aromatic rings. The fraction of sp³-hybridized carbons (Fsp3) is 0.481. The monoisotopic (exact) mass is 486 g/mol. The first-order valence-electron chi connectivity index (χ1n) is 12.1. The molecule has 2 saturated carbocycles. The summed E-state index contributed by atoms with van der Waals surface area (Å²) in [6.45, 7) is 13.6. The number of alkyl halides is 3. The summed E-state index contributed by atoms with van der Waals surface area (Å²) in [4.78, 5) is 18.4. The van der Waals surface area contributed by atoms with Crippen molar-refractivity contribution in [2.24, 2.45) is 17.8 Å². The molecule has 0 aromatic carbocycles. The number of nitrogens with one attached hydrogen (secondary N) is 2. The van der Waals surface area contributed by atoms with Crippen LogP contribution in [0.4, 0.5) is 13.2 Å². The first-order valence-corrected chi connectivity index (χ1v) is 12.1. The quantitative estimate of drug-likeness (QED) is 0.530. The van der Waals surface area contributed by atoms with Gasteiger partial charge in [-0.1, -0.05) is 31.9 Å². The second kappa shape index (κ2) is 10.0. The van der Waals surface area contributed by atoms with E-state index in [-0.39, 0.29) is 35.7 Å². The Morgan fingerprint density at radius 3 is 2.46 bits per heavy atom. The van der Waals surface area contributed by atoms with Gasteiger partial charge >= 0.3 is 6.18 Å². The van der Waals surface area contributed by atoms with Crippen LogP contribution in [0.15, 0.2) is 31.9 Å². The molecule has 188 valence electrons. The maximum atomic E-state index is 13.6. The van der Waals surface area contributed by atoms with E-state index in [1.807, 2.05) is 0 Å². The summed E-state index contributed by atoms with van der Waals surface area (Å²) in [5.41, 5.74) is 0.359. The topological polar surface area (TPSA) is 57.3 Å². The normalized spacial score (nSPS) is 24.4. The largest absolute Gasteiger partial charge is 0.417 e. The molecule has 1 aliphatic heterocycles. The van der Waals surface area contributed by atoms with E-state index in [1.165, 1.54) is 6.08 Å². The van der Waals surface area contributed by atoms with Crippen LogP contribution in [0.3, 0.4) is 0 Å². The second-order valence-corrected chi connectivity index (χ2v) is 9.99. The molecule has 0 bridgehead atoms. The SMILES string of the molecule is C=Cc1c(C(=C)NC2CC3CN(C)CC3C2)cc(/C=C/CNC(=O)C2CC2)nc1C(=C)C(F)(F)F.